The van der Waals surface area contributed by atoms with Crippen molar-refractivity contribution in [2.75, 3.05) is 18.5 Å². The number of aromatic nitrogens is 1. The molecule has 0 atom stereocenters. The second kappa shape index (κ2) is 11.5. The fourth-order valence-corrected chi connectivity index (χ4v) is 3.67. The number of amides is 1. The van der Waals surface area contributed by atoms with E-state index in [-0.39, 0.29) is 17.3 Å². The molecule has 3 aromatic rings. The number of hydrogen-bond donors (Lipinski definition) is 2. The molecule has 0 aliphatic carbocycles. The second-order valence-electron chi connectivity index (χ2n) is 7.62. The summed E-state index contributed by atoms with van der Waals surface area (Å²) >= 11 is 6.35. The van der Waals surface area contributed by atoms with Gasteiger partial charge in [0.2, 0.25) is 5.88 Å². The van der Waals surface area contributed by atoms with Gasteiger partial charge in [-0.1, -0.05) is 42.8 Å². The summed E-state index contributed by atoms with van der Waals surface area (Å²) < 4.78 is 11.2. The fourth-order valence-electron chi connectivity index (χ4n) is 3.41. The van der Waals surface area contributed by atoms with E-state index in [1.807, 2.05) is 26.8 Å². The molecule has 7 nitrogen and oxygen atoms in total. The van der Waals surface area contributed by atoms with Crippen molar-refractivity contribution in [2.45, 2.75) is 33.6 Å². The molecule has 0 saturated heterocycles. The van der Waals surface area contributed by atoms with Gasteiger partial charge in [-0.3, -0.25) is 9.59 Å². The largest absolute Gasteiger partial charge is 0.494 e. The zero-order valence-corrected chi connectivity index (χ0v) is 20.1. The average Bonchev–Trinajstić information content (AvgIpc) is 2.79. The van der Waals surface area contributed by atoms with Crippen LogP contribution in [0.15, 0.2) is 48.5 Å². The van der Waals surface area contributed by atoms with Crippen molar-refractivity contribution >= 4 is 29.2 Å². The molecule has 2 N–H and O–H groups in total. The number of carbonyl (C=O) groups is 2. The van der Waals surface area contributed by atoms with E-state index in [4.69, 9.17) is 26.2 Å². The lowest BCUT2D eigenvalue weighted by atomic mass is 10.00. The minimum Gasteiger partial charge on any atom is -0.494 e. The summed E-state index contributed by atoms with van der Waals surface area (Å²) in [4.78, 5) is 28.7. The van der Waals surface area contributed by atoms with Gasteiger partial charge in [-0.05, 0) is 55.7 Å². The first-order chi connectivity index (χ1) is 16.3. The van der Waals surface area contributed by atoms with E-state index in [1.54, 1.807) is 42.5 Å². The summed E-state index contributed by atoms with van der Waals surface area (Å²) in [6.07, 6.45) is 0.777. The van der Waals surface area contributed by atoms with Gasteiger partial charge in [-0.15, -0.1) is 0 Å². The van der Waals surface area contributed by atoms with E-state index in [2.05, 4.69) is 10.3 Å². The van der Waals surface area contributed by atoms with Crippen LogP contribution in [0.2, 0.25) is 5.02 Å². The van der Waals surface area contributed by atoms with E-state index in [9.17, 15) is 9.59 Å². The maximum Gasteiger partial charge on any atom is 0.307 e. The lowest BCUT2D eigenvalue weighted by Gasteiger charge is -2.16. The molecule has 8 heteroatoms. The molecule has 178 valence electrons. The van der Waals surface area contributed by atoms with Crippen LogP contribution in [0.25, 0.3) is 11.1 Å². The number of nitrogens with one attached hydrogen (secondary N) is 1. The molecule has 0 fully saturated rings. The topological polar surface area (TPSA) is 97.8 Å². The SMILES string of the molecule is CCCOc1ccc(C(=O)Nc2cc(-c3cccc(CC(=O)O)c3)c(C)nc2OCC)c(Cl)c1. The standard InChI is InChI=1S/C26H27ClN2O5/c1-4-11-34-19-9-10-20(22(27)14-19)25(32)29-23-15-21(16(3)28-26(23)33-5-2)18-8-6-7-17(12-18)13-24(30)31/h6-10,12,14-15H,4-5,11,13H2,1-3H3,(H,29,32)(H,30,31). The van der Waals surface area contributed by atoms with Crippen LogP contribution in [0.5, 0.6) is 11.6 Å². The molecule has 2 aromatic carbocycles. The lowest BCUT2D eigenvalue weighted by Crippen LogP contribution is -2.15. The number of carbonyl (C=O) groups excluding carboxylic acids is 1. The first-order valence-corrected chi connectivity index (χ1v) is 11.4. The number of nitrogens with zero attached hydrogens (tertiary/aromatic N) is 1. The minimum atomic E-state index is -0.908. The zero-order chi connectivity index (χ0) is 24.7. The van der Waals surface area contributed by atoms with Crippen LogP contribution in [0.1, 0.15) is 41.9 Å². The van der Waals surface area contributed by atoms with E-state index in [1.165, 1.54) is 0 Å². The van der Waals surface area contributed by atoms with Gasteiger partial charge in [-0.2, -0.15) is 0 Å². The third kappa shape index (κ3) is 6.26. The van der Waals surface area contributed by atoms with Crippen molar-refractivity contribution in [3.63, 3.8) is 0 Å². The Bertz CT molecular complexity index is 1200. The third-order valence-electron chi connectivity index (χ3n) is 4.96. The molecule has 0 saturated carbocycles. The maximum atomic E-state index is 13.0. The quantitative estimate of drug-likeness (QED) is 0.380. The Balaban J connectivity index is 1.94. The maximum absolute atomic E-state index is 13.0. The van der Waals surface area contributed by atoms with Gasteiger partial charge in [0.15, 0.2) is 0 Å². The molecule has 3 rings (SSSR count). The summed E-state index contributed by atoms with van der Waals surface area (Å²) in [6.45, 7) is 6.60. The van der Waals surface area contributed by atoms with Gasteiger partial charge in [0.1, 0.15) is 11.4 Å². The average molecular weight is 483 g/mol. The monoisotopic (exact) mass is 482 g/mol. The number of benzene rings is 2. The number of hydrogen-bond acceptors (Lipinski definition) is 5. The normalized spacial score (nSPS) is 10.6. The highest BCUT2D eigenvalue weighted by atomic mass is 35.5. The molecule has 1 aromatic heterocycles. The Morgan fingerprint density at radius 2 is 1.88 bits per heavy atom. The van der Waals surface area contributed by atoms with Crippen LogP contribution in [0, 0.1) is 6.92 Å². The van der Waals surface area contributed by atoms with Crippen LogP contribution < -0.4 is 14.8 Å². The summed E-state index contributed by atoms with van der Waals surface area (Å²) in [6, 6.07) is 13.9. The zero-order valence-electron chi connectivity index (χ0n) is 19.4. The van der Waals surface area contributed by atoms with Crippen molar-refractivity contribution in [3.05, 3.63) is 70.4 Å². The van der Waals surface area contributed by atoms with Gasteiger partial charge in [0.25, 0.3) is 5.91 Å². The number of ether oxygens (including phenoxy) is 2. The molecule has 0 spiro atoms. The Hall–Kier alpha value is -3.58. The van der Waals surface area contributed by atoms with Crippen molar-refractivity contribution in [2.24, 2.45) is 0 Å². The van der Waals surface area contributed by atoms with E-state index in [0.29, 0.717) is 41.5 Å². The molecule has 1 amide bonds. The summed E-state index contributed by atoms with van der Waals surface area (Å²) in [5, 5.41) is 12.2. The number of aliphatic carboxylic acids is 1. The molecule has 1 heterocycles. The number of carboxylic acid groups (broad SMARTS) is 1. The van der Waals surface area contributed by atoms with Crippen molar-refractivity contribution in [1.29, 1.82) is 0 Å². The fraction of sp³-hybridized carbons (Fsp3) is 0.269. The predicted octanol–water partition coefficient (Wildman–Crippen LogP) is 5.78. The lowest BCUT2D eigenvalue weighted by molar-refractivity contribution is -0.136. The number of anilines is 1. The third-order valence-corrected chi connectivity index (χ3v) is 5.27. The first-order valence-electron chi connectivity index (χ1n) is 11.0. The number of pyridine rings is 1. The molecular weight excluding hydrogens is 456 g/mol. The highest BCUT2D eigenvalue weighted by Crippen LogP contribution is 2.33. The van der Waals surface area contributed by atoms with Crippen LogP contribution in [-0.2, 0) is 11.2 Å². The Morgan fingerprint density at radius 1 is 1.09 bits per heavy atom. The Kier molecular flexibility index (Phi) is 8.49. The number of rotatable bonds is 10. The molecule has 0 unspecified atom stereocenters. The van der Waals surface area contributed by atoms with E-state index >= 15 is 0 Å². The van der Waals surface area contributed by atoms with Crippen LogP contribution in [0.3, 0.4) is 0 Å². The Labute approximate surface area is 203 Å². The molecular formula is C26H27ClN2O5. The number of halogens is 1. The van der Waals surface area contributed by atoms with Crippen molar-refractivity contribution in [3.8, 4) is 22.8 Å². The van der Waals surface area contributed by atoms with Gasteiger partial charge in [0.05, 0.1) is 30.2 Å². The molecule has 0 aliphatic rings. The minimum absolute atomic E-state index is 0.0859. The summed E-state index contributed by atoms with van der Waals surface area (Å²) in [7, 11) is 0. The summed E-state index contributed by atoms with van der Waals surface area (Å²) in [5.41, 5.74) is 3.57. The molecule has 0 bridgehead atoms. The molecule has 0 aliphatic heterocycles. The van der Waals surface area contributed by atoms with Gasteiger partial charge < -0.3 is 19.9 Å². The van der Waals surface area contributed by atoms with E-state index in [0.717, 1.165) is 17.5 Å². The molecule has 34 heavy (non-hydrogen) atoms. The van der Waals surface area contributed by atoms with Crippen LogP contribution in [0.4, 0.5) is 5.69 Å². The second-order valence-corrected chi connectivity index (χ2v) is 8.03. The van der Waals surface area contributed by atoms with Crippen molar-refractivity contribution < 1.29 is 24.2 Å². The van der Waals surface area contributed by atoms with Crippen LogP contribution >= 0.6 is 11.6 Å². The van der Waals surface area contributed by atoms with Gasteiger partial charge in [0, 0.05) is 11.3 Å². The van der Waals surface area contributed by atoms with Gasteiger partial charge >= 0.3 is 5.97 Å². The molecule has 0 radical (unpaired) electrons. The smallest absolute Gasteiger partial charge is 0.307 e. The van der Waals surface area contributed by atoms with Crippen LogP contribution in [-0.4, -0.2) is 35.2 Å². The number of carboxylic acids is 1. The number of aryl methyl sites for hydroxylation is 1. The van der Waals surface area contributed by atoms with E-state index < -0.39 is 11.9 Å². The highest BCUT2D eigenvalue weighted by molar-refractivity contribution is 6.34. The highest BCUT2D eigenvalue weighted by Gasteiger charge is 2.18. The van der Waals surface area contributed by atoms with Gasteiger partial charge in [-0.25, -0.2) is 4.98 Å². The Morgan fingerprint density at radius 3 is 2.56 bits per heavy atom. The predicted molar refractivity (Wildman–Crippen MR) is 132 cm³/mol. The first kappa shape index (κ1) is 25.1. The van der Waals surface area contributed by atoms with Crippen molar-refractivity contribution in [1.82, 2.24) is 4.98 Å². The summed E-state index contributed by atoms with van der Waals surface area (Å²) in [5.74, 6) is -0.435.